The van der Waals surface area contributed by atoms with Crippen molar-refractivity contribution in [2.75, 3.05) is 0 Å². The van der Waals surface area contributed by atoms with Crippen LogP contribution in [0.2, 0.25) is 0 Å². The van der Waals surface area contributed by atoms with E-state index in [9.17, 15) is 9.59 Å². The van der Waals surface area contributed by atoms with Gasteiger partial charge in [0.25, 0.3) is 0 Å². The summed E-state index contributed by atoms with van der Waals surface area (Å²) in [6.45, 7) is 0. The molecule has 100 valence electrons. The van der Waals surface area contributed by atoms with Crippen molar-refractivity contribution in [3.05, 3.63) is 65.2 Å². The van der Waals surface area contributed by atoms with Crippen molar-refractivity contribution in [3.63, 3.8) is 0 Å². The number of esters is 1. The fraction of sp³-hybridized carbons (Fsp3) is 0.125. The van der Waals surface area contributed by atoms with Crippen LogP contribution in [-0.4, -0.2) is 11.9 Å². The molecule has 0 saturated heterocycles. The van der Waals surface area contributed by atoms with Crippen molar-refractivity contribution >= 4 is 11.9 Å². The standard InChI is InChI=1S/C16H13NO3/c17-14(18)9-10-6-7-13-12(8-10)15(16(19)20-13)11-4-2-1-3-5-11/h1-8,15H,9H2,(H2,17,18). The summed E-state index contributed by atoms with van der Waals surface area (Å²) in [5, 5.41) is 0. The van der Waals surface area contributed by atoms with Crippen LogP contribution in [0.3, 0.4) is 0 Å². The molecule has 0 saturated carbocycles. The second kappa shape index (κ2) is 4.81. The second-order valence-electron chi connectivity index (χ2n) is 4.78. The molecule has 1 heterocycles. The summed E-state index contributed by atoms with van der Waals surface area (Å²) in [5.74, 6) is -0.565. The summed E-state index contributed by atoms with van der Waals surface area (Å²) >= 11 is 0. The minimum atomic E-state index is -0.431. The number of fused-ring (bicyclic) bond motifs is 1. The third-order valence-electron chi connectivity index (χ3n) is 3.34. The molecule has 0 radical (unpaired) electrons. The van der Waals surface area contributed by atoms with Crippen LogP contribution in [0.4, 0.5) is 0 Å². The maximum atomic E-state index is 12.1. The number of carbonyl (C=O) groups excluding carboxylic acids is 2. The SMILES string of the molecule is NC(=O)Cc1ccc2c(c1)C(c1ccccc1)C(=O)O2. The molecule has 1 amide bonds. The van der Waals surface area contributed by atoms with Crippen LogP contribution in [0.5, 0.6) is 5.75 Å². The van der Waals surface area contributed by atoms with Crippen LogP contribution in [-0.2, 0) is 16.0 Å². The first-order chi connectivity index (χ1) is 9.65. The van der Waals surface area contributed by atoms with Crippen molar-refractivity contribution in [2.45, 2.75) is 12.3 Å². The number of benzene rings is 2. The van der Waals surface area contributed by atoms with E-state index in [1.54, 1.807) is 12.1 Å². The van der Waals surface area contributed by atoms with Crippen LogP contribution >= 0.6 is 0 Å². The lowest BCUT2D eigenvalue weighted by molar-refractivity contribution is -0.133. The first-order valence-corrected chi connectivity index (χ1v) is 6.33. The first kappa shape index (κ1) is 12.4. The molecule has 1 aliphatic rings. The number of ether oxygens (including phenoxy) is 1. The zero-order valence-corrected chi connectivity index (χ0v) is 10.7. The third-order valence-corrected chi connectivity index (χ3v) is 3.34. The Bertz CT molecular complexity index is 679. The number of primary amides is 1. The molecular weight excluding hydrogens is 254 g/mol. The van der Waals surface area contributed by atoms with Crippen LogP contribution in [0.15, 0.2) is 48.5 Å². The van der Waals surface area contributed by atoms with Gasteiger partial charge >= 0.3 is 5.97 Å². The van der Waals surface area contributed by atoms with E-state index in [4.69, 9.17) is 10.5 Å². The summed E-state index contributed by atoms with van der Waals surface area (Å²) in [4.78, 5) is 23.1. The molecule has 0 aliphatic carbocycles. The average molecular weight is 267 g/mol. The van der Waals surface area contributed by atoms with Gasteiger partial charge in [-0.15, -0.1) is 0 Å². The Morgan fingerprint density at radius 1 is 1.15 bits per heavy atom. The predicted octanol–water partition coefficient (Wildman–Crippen LogP) is 1.77. The van der Waals surface area contributed by atoms with Crippen LogP contribution in [0.25, 0.3) is 0 Å². The molecule has 0 spiro atoms. The highest BCUT2D eigenvalue weighted by molar-refractivity contribution is 5.89. The van der Waals surface area contributed by atoms with Gasteiger partial charge in [-0.1, -0.05) is 42.5 Å². The summed E-state index contributed by atoms with van der Waals surface area (Å²) in [6.07, 6.45) is 0.156. The van der Waals surface area contributed by atoms with E-state index in [0.717, 1.165) is 16.7 Å². The van der Waals surface area contributed by atoms with E-state index in [1.807, 2.05) is 36.4 Å². The lowest BCUT2D eigenvalue weighted by atomic mass is 9.91. The normalized spacial score (nSPS) is 16.6. The van der Waals surface area contributed by atoms with Gasteiger partial charge in [-0.3, -0.25) is 9.59 Å². The summed E-state index contributed by atoms with van der Waals surface area (Å²) in [7, 11) is 0. The maximum absolute atomic E-state index is 12.1. The molecule has 20 heavy (non-hydrogen) atoms. The molecule has 1 atom stereocenters. The van der Waals surface area contributed by atoms with E-state index < -0.39 is 11.8 Å². The predicted molar refractivity (Wildman–Crippen MR) is 73.3 cm³/mol. The molecule has 3 rings (SSSR count). The topological polar surface area (TPSA) is 69.4 Å². The second-order valence-corrected chi connectivity index (χ2v) is 4.78. The zero-order chi connectivity index (χ0) is 14.1. The molecule has 2 aromatic rings. The molecule has 2 aromatic carbocycles. The van der Waals surface area contributed by atoms with Crippen LogP contribution in [0.1, 0.15) is 22.6 Å². The molecule has 1 unspecified atom stereocenters. The van der Waals surface area contributed by atoms with Gasteiger partial charge in [0.15, 0.2) is 0 Å². The van der Waals surface area contributed by atoms with Gasteiger partial charge < -0.3 is 10.5 Å². The Balaban J connectivity index is 2.04. The highest BCUT2D eigenvalue weighted by atomic mass is 16.5. The van der Waals surface area contributed by atoms with Crippen molar-refractivity contribution in [2.24, 2.45) is 5.73 Å². The highest BCUT2D eigenvalue weighted by Crippen LogP contribution is 2.39. The number of carbonyl (C=O) groups is 2. The largest absolute Gasteiger partial charge is 0.425 e. The van der Waals surface area contributed by atoms with Gasteiger partial charge in [-0.05, 0) is 17.2 Å². The van der Waals surface area contributed by atoms with Crippen LogP contribution < -0.4 is 10.5 Å². The van der Waals surface area contributed by atoms with Gasteiger partial charge in [-0.2, -0.15) is 0 Å². The number of amides is 1. The summed E-state index contributed by atoms with van der Waals surface area (Å²) < 4.78 is 5.28. The molecule has 4 heteroatoms. The van der Waals surface area contributed by atoms with Crippen molar-refractivity contribution in [3.8, 4) is 5.75 Å². The zero-order valence-electron chi connectivity index (χ0n) is 10.7. The number of hydrogen-bond donors (Lipinski definition) is 1. The molecule has 0 bridgehead atoms. The minimum Gasteiger partial charge on any atom is -0.425 e. The Hall–Kier alpha value is -2.62. The Kier molecular flexibility index (Phi) is 2.99. The average Bonchev–Trinajstić information content (AvgIpc) is 2.74. The molecular formula is C16H13NO3. The van der Waals surface area contributed by atoms with Gasteiger partial charge in [0, 0.05) is 5.56 Å². The van der Waals surface area contributed by atoms with Crippen molar-refractivity contribution < 1.29 is 14.3 Å². The molecule has 0 fully saturated rings. The number of nitrogens with two attached hydrogens (primary N) is 1. The fourth-order valence-electron chi connectivity index (χ4n) is 2.48. The number of rotatable bonds is 3. The van der Waals surface area contributed by atoms with Crippen molar-refractivity contribution in [1.29, 1.82) is 0 Å². The Labute approximate surface area is 116 Å². The third kappa shape index (κ3) is 2.16. The smallest absolute Gasteiger partial charge is 0.323 e. The quantitative estimate of drug-likeness (QED) is 0.680. The fourth-order valence-corrected chi connectivity index (χ4v) is 2.48. The number of hydrogen-bond acceptors (Lipinski definition) is 3. The van der Waals surface area contributed by atoms with E-state index in [1.165, 1.54) is 0 Å². The lowest BCUT2D eigenvalue weighted by Gasteiger charge is -2.08. The highest BCUT2D eigenvalue weighted by Gasteiger charge is 2.34. The maximum Gasteiger partial charge on any atom is 0.323 e. The molecule has 2 N–H and O–H groups in total. The van der Waals surface area contributed by atoms with E-state index in [2.05, 4.69) is 0 Å². The van der Waals surface area contributed by atoms with Gasteiger partial charge in [0.2, 0.25) is 5.91 Å². The molecule has 4 nitrogen and oxygen atoms in total. The van der Waals surface area contributed by atoms with Gasteiger partial charge in [0.05, 0.1) is 6.42 Å². The van der Waals surface area contributed by atoms with Gasteiger partial charge in [-0.25, -0.2) is 0 Å². The van der Waals surface area contributed by atoms with Crippen LogP contribution in [0, 0.1) is 0 Å². The monoisotopic (exact) mass is 267 g/mol. The summed E-state index contributed by atoms with van der Waals surface area (Å²) in [5.41, 5.74) is 7.67. The molecule has 1 aliphatic heterocycles. The molecule has 0 aromatic heterocycles. The van der Waals surface area contributed by atoms with Crippen molar-refractivity contribution in [1.82, 2.24) is 0 Å². The Morgan fingerprint density at radius 2 is 1.90 bits per heavy atom. The summed E-state index contributed by atoms with van der Waals surface area (Å²) in [6, 6.07) is 14.7. The Morgan fingerprint density at radius 3 is 2.60 bits per heavy atom. The lowest BCUT2D eigenvalue weighted by Crippen LogP contribution is -2.14. The van der Waals surface area contributed by atoms with E-state index in [0.29, 0.717) is 5.75 Å². The minimum absolute atomic E-state index is 0.156. The van der Waals surface area contributed by atoms with Gasteiger partial charge in [0.1, 0.15) is 11.7 Å². The van der Waals surface area contributed by atoms with E-state index >= 15 is 0 Å². The first-order valence-electron chi connectivity index (χ1n) is 6.33. The van der Waals surface area contributed by atoms with E-state index in [-0.39, 0.29) is 12.4 Å².